The maximum atomic E-state index is 13.7. The summed E-state index contributed by atoms with van der Waals surface area (Å²) in [6.45, 7) is 2.01. The van der Waals surface area contributed by atoms with E-state index in [-0.39, 0.29) is 5.82 Å². The number of pyridine rings is 2. The van der Waals surface area contributed by atoms with Crippen molar-refractivity contribution in [2.24, 2.45) is 0 Å². The van der Waals surface area contributed by atoms with Crippen LogP contribution in [0, 0.1) is 5.82 Å². The maximum absolute atomic E-state index is 13.7. The predicted octanol–water partition coefficient (Wildman–Crippen LogP) is 4.69. The Morgan fingerprint density at radius 1 is 0.935 bits per heavy atom. The molecule has 0 amide bonds. The molecule has 0 atom stereocenters. The maximum Gasteiger partial charge on any atom is 0.159 e. The zero-order valence-electron chi connectivity index (χ0n) is 16.8. The first kappa shape index (κ1) is 18.0. The number of imidazole rings is 1. The molecule has 0 saturated carbocycles. The highest BCUT2D eigenvalue weighted by atomic mass is 19.1. The number of nitrogens with one attached hydrogen (secondary N) is 2. The van der Waals surface area contributed by atoms with Crippen molar-refractivity contribution in [2.75, 3.05) is 18.0 Å². The van der Waals surface area contributed by atoms with Crippen LogP contribution in [-0.4, -0.2) is 43.2 Å². The van der Waals surface area contributed by atoms with Gasteiger partial charge in [-0.2, -0.15) is 5.10 Å². The molecular formula is C23H20FN7. The number of H-pyrrole nitrogens is 2. The Hall–Kier alpha value is -3.81. The third kappa shape index (κ3) is 3.11. The molecule has 5 heterocycles. The van der Waals surface area contributed by atoms with Crippen molar-refractivity contribution in [3.8, 4) is 22.6 Å². The van der Waals surface area contributed by atoms with E-state index in [4.69, 9.17) is 4.98 Å². The topological polar surface area (TPSA) is 86.4 Å². The third-order valence-corrected chi connectivity index (χ3v) is 5.86. The molecule has 0 aliphatic carbocycles. The number of fused-ring (bicyclic) bond motifs is 2. The first-order valence-corrected chi connectivity index (χ1v) is 10.5. The van der Waals surface area contributed by atoms with Gasteiger partial charge in [-0.15, -0.1) is 0 Å². The van der Waals surface area contributed by atoms with Crippen molar-refractivity contribution in [2.45, 2.75) is 19.3 Å². The molecule has 0 unspecified atom stereocenters. The molecule has 1 fully saturated rings. The second-order valence-electron chi connectivity index (χ2n) is 7.89. The Kier molecular flexibility index (Phi) is 4.15. The second-order valence-corrected chi connectivity index (χ2v) is 7.89. The van der Waals surface area contributed by atoms with Crippen molar-refractivity contribution in [1.29, 1.82) is 0 Å². The summed E-state index contributed by atoms with van der Waals surface area (Å²) in [5, 5.41) is 8.50. The Balaban J connectivity index is 1.46. The number of hydrogen-bond acceptors (Lipinski definition) is 5. The van der Waals surface area contributed by atoms with Crippen LogP contribution in [0.3, 0.4) is 0 Å². The third-order valence-electron chi connectivity index (χ3n) is 5.86. The van der Waals surface area contributed by atoms with E-state index in [1.807, 2.05) is 30.5 Å². The number of anilines is 1. The van der Waals surface area contributed by atoms with Crippen molar-refractivity contribution in [3.05, 3.63) is 54.7 Å². The van der Waals surface area contributed by atoms with Crippen LogP contribution in [-0.2, 0) is 0 Å². The quantitative estimate of drug-likeness (QED) is 0.448. The van der Waals surface area contributed by atoms with Crippen molar-refractivity contribution >= 4 is 27.8 Å². The zero-order chi connectivity index (χ0) is 20.8. The van der Waals surface area contributed by atoms with Crippen molar-refractivity contribution < 1.29 is 4.39 Å². The molecule has 154 valence electrons. The van der Waals surface area contributed by atoms with E-state index in [2.05, 4.69) is 30.0 Å². The Morgan fingerprint density at radius 2 is 1.84 bits per heavy atom. The average molecular weight is 413 g/mol. The highest BCUT2D eigenvalue weighted by Gasteiger charge is 2.19. The zero-order valence-corrected chi connectivity index (χ0v) is 16.8. The van der Waals surface area contributed by atoms with Crippen molar-refractivity contribution in [3.63, 3.8) is 0 Å². The molecule has 1 aromatic carbocycles. The summed E-state index contributed by atoms with van der Waals surface area (Å²) in [5.74, 6) is 1.24. The summed E-state index contributed by atoms with van der Waals surface area (Å²) < 4.78 is 13.7. The van der Waals surface area contributed by atoms with E-state index < -0.39 is 0 Å². The van der Waals surface area contributed by atoms with Gasteiger partial charge in [-0.25, -0.2) is 14.4 Å². The molecule has 31 heavy (non-hydrogen) atoms. The van der Waals surface area contributed by atoms with Crippen LogP contribution in [0.1, 0.15) is 19.3 Å². The van der Waals surface area contributed by atoms with Crippen LogP contribution in [0.15, 0.2) is 48.9 Å². The van der Waals surface area contributed by atoms with Crippen LogP contribution in [0.4, 0.5) is 10.2 Å². The normalized spacial score (nSPS) is 14.5. The SMILES string of the molecule is Fc1cncc(-c2ccc3[nH]nc(-c4nc5c(N6CCCCC6)nccc5[nH]4)c3c2)c1. The second kappa shape index (κ2) is 7.16. The molecule has 0 spiro atoms. The number of aromatic nitrogens is 6. The van der Waals surface area contributed by atoms with Crippen LogP contribution < -0.4 is 4.90 Å². The molecule has 7 nitrogen and oxygen atoms in total. The lowest BCUT2D eigenvalue weighted by atomic mass is 10.0. The van der Waals surface area contributed by atoms with Crippen LogP contribution >= 0.6 is 0 Å². The van der Waals surface area contributed by atoms with Crippen molar-refractivity contribution in [1.82, 2.24) is 30.1 Å². The summed E-state index contributed by atoms with van der Waals surface area (Å²) in [4.78, 5) is 19.2. The number of benzene rings is 1. The highest BCUT2D eigenvalue weighted by Crippen LogP contribution is 2.32. The van der Waals surface area contributed by atoms with Gasteiger partial charge in [0.25, 0.3) is 0 Å². The fraction of sp³-hybridized carbons (Fsp3) is 0.217. The molecule has 2 N–H and O–H groups in total. The van der Waals surface area contributed by atoms with Gasteiger partial charge in [0.05, 0.1) is 17.2 Å². The molecular weight excluding hydrogens is 393 g/mol. The van der Waals surface area contributed by atoms with E-state index in [1.165, 1.54) is 31.5 Å². The number of halogens is 1. The molecule has 5 aromatic rings. The van der Waals surface area contributed by atoms with Crippen LogP contribution in [0.5, 0.6) is 0 Å². The van der Waals surface area contributed by atoms with Gasteiger partial charge in [0.1, 0.15) is 17.0 Å². The Morgan fingerprint density at radius 3 is 2.71 bits per heavy atom. The summed E-state index contributed by atoms with van der Waals surface area (Å²) in [6.07, 6.45) is 8.30. The van der Waals surface area contributed by atoms with Crippen LogP contribution in [0.2, 0.25) is 0 Å². The smallest absolute Gasteiger partial charge is 0.159 e. The molecule has 4 aromatic heterocycles. The van der Waals surface area contributed by atoms with Gasteiger partial charge >= 0.3 is 0 Å². The monoisotopic (exact) mass is 413 g/mol. The van der Waals surface area contributed by atoms with Gasteiger partial charge in [0.2, 0.25) is 0 Å². The van der Waals surface area contributed by atoms with Gasteiger partial charge in [0, 0.05) is 36.4 Å². The minimum absolute atomic E-state index is 0.361. The summed E-state index contributed by atoms with van der Waals surface area (Å²) in [5.41, 5.74) is 5.00. The molecule has 8 heteroatoms. The average Bonchev–Trinajstić information content (AvgIpc) is 3.43. The number of rotatable bonds is 3. The summed E-state index contributed by atoms with van der Waals surface area (Å²) in [6, 6.07) is 9.28. The minimum atomic E-state index is -0.361. The summed E-state index contributed by atoms with van der Waals surface area (Å²) >= 11 is 0. The molecule has 1 saturated heterocycles. The van der Waals surface area contributed by atoms with E-state index in [0.29, 0.717) is 5.82 Å². The van der Waals surface area contributed by atoms with Crippen LogP contribution in [0.25, 0.3) is 44.6 Å². The first-order chi connectivity index (χ1) is 15.3. The number of hydrogen-bond donors (Lipinski definition) is 2. The molecule has 6 rings (SSSR count). The van der Waals surface area contributed by atoms with E-state index in [0.717, 1.165) is 57.7 Å². The molecule has 1 aliphatic heterocycles. The largest absolute Gasteiger partial charge is 0.355 e. The lowest BCUT2D eigenvalue weighted by molar-refractivity contribution is 0.574. The van der Waals surface area contributed by atoms with Gasteiger partial charge in [-0.3, -0.25) is 10.1 Å². The van der Waals surface area contributed by atoms with Gasteiger partial charge < -0.3 is 9.88 Å². The predicted molar refractivity (Wildman–Crippen MR) is 118 cm³/mol. The number of aromatic amines is 2. The molecule has 0 radical (unpaired) electrons. The first-order valence-electron chi connectivity index (χ1n) is 10.5. The Labute approximate surface area is 177 Å². The van der Waals surface area contributed by atoms with Gasteiger partial charge in [-0.05, 0) is 49.1 Å². The lowest BCUT2D eigenvalue weighted by Crippen LogP contribution is -2.30. The standard InChI is InChI=1S/C23H20FN7/c24-16-10-15(12-25-13-16)14-4-5-18-17(11-14)20(30-29-18)22-27-19-6-7-26-23(21(19)28-22)31-8-2-1-3-9-31/h4-7,10-13H,1-3,8-9H2,(H,27,28)(H,29,30). The number of nitrogens with zero attached hydrogens (tertiary/aromatic N) is 5. The minimum Gasteiger partial charge on any atom is -0.355 e. The lowest BCUT2D eigenvalue weighted by Gasteiger charge is -2.27. The Bertz CT molecular complexity index is 1400. The molecule has 0 bridgehead atoms. The van der Waals surface area contributed by atoms with E-state index in [1.54, 1.807) is 6.20 Å². The fourth-order valence-electron chi connectivity index (χ4n) is 4.31. The van der Waals surface area contributed by atoms with E-state index >= 15 is 0 Å². The molecule has 1 aliphatic rings. The van der Waals surface area contributed by atoms with Gasteiger partial charge in [-0.1, -0.05) is 6.07 Å². The van der Waals surface area contributed by atoms with E-state index in [9.17, 15) is 4.39 Å². The van der Waals surface area contributed by atoms with Gasteiger partial charge in [0.15, 0.2) is 11.6 Å². The summed E-state index contributed by atoms with van der Waals surface area (Å²) in [7, 11) is 0. The fourth-order valence-corrected chi connectivity index (χ4v) is 4.31. The highest BCUT2D eigenvalue weighted by molar-refractivity contribution is 5.97. The number of piperidine rings is 1.